The van der Waals surface area contributed by atoms with Gasteiger partial charge in [-0.25, -0.2) is 0 Å². The van der Waals surface area contributed by atoms with Crippen LogP contribution in [0.3, 0.4) is 0 Å². The second kappa shape index (κ2) is 7.90. The van der Waals surface area contributed by atoms with E-state index < -0.39 is 17.6 Å². The molecule has 5 atom stereocenters. The van der Waals surface area contributed by atoms with Crippen LogP contribution in [0, 0.1) is 17.8 Å². The molecule has 1 aliphatic heterocycles. The van der Waals surface area contributed by atoms with E-state index in [0.29, 0.717) is 29.2 Å². The predicted octanol–water partition coefficient (Wildman–Crippen LogP) is 7.25. The van der Waals surface area contributed by atoms with E-state index >= 15 is 0 Å². The van der Waals surface area contributed by atoms with E-state index in [1.165, 1.54) is 42.5 Å². The van der Waals surface area contributed by atoms with E-state index in [2.05, 4.69) is 34.9 Å². The first-order valence-electron chi connectivity index (χ1n) is 11.8. The van der Waals surface area contributed by atoms with Crippen LogP contribution in [0.4, 0.5) is 24.5 Å². The Labute approximate surface area is 196 Å². The lowest BCUT2D eigenvalue weighted by Gasteiger charge is -2.43. The topological polar surface area (TPSA) is 41.1 Å². The van der Waals surface area contributed by atoms with E-state index in [1.54, 1.807) is 6.07 Å². The van der Waals surface area contributed by atoms with Gasteiger partial charge in [-0.15, -0.1) is 0 Å². The quantitative estimate of drug-likeness (QED) is 0.430. The first kappa shape index (κ1) is 21.3. The second-order valence-electron chi connectivity index (χ2n) is 9.80. The molecule has 0 aromatic heterocycles. The molecule has 0 spiro atoms. The first-order chi connectivity index (χ1) is 16.4. The SMILES string of the molecule is O=C(Nc1cccc(C(F)(F)F)c1)c1ccc2c(c1)[C@@H]1[C@H]3CC[C@@H](C3)[C@@H]1[C@@H](c1ccccc1)N2. The number of carbonyl (C=O) groups is 1. The minimum atomic E-state index is -4.45. The zero-order valence-corrected chi connectivity index (χ0v) is 18.5. The van der Waals surface area contributed by atoms with Gasteiger partial charge in [0.1, 0.15) is 0 Å². The molecular formula is C28H25F3N2O. The largest absolute Gasteiger partial charge is 0.416 e. The van der Waals surface area contributed by atoms with E-state index in [1.807, 2.05) is 18.2 Å². The molecule has 174 valence electrons. The molecule has 6 heteroatoms. The van der Waals surface area contributed by atoms with Gasteiger partial charge in [-0.2, -0.15) is 13.2 Å². The summed E-state index contributed by atoms with van der Waals surface area (Å²) in [5.41, 5.74) is 3.34. The molecule has 2 fully saturated rings. The van der Waals surface area contributed by atoms with Crippen LogP contribution in [0.15, 0.2) is 72.8 Å². The van der Waals surface area contributed by atoms with Gasteiger partial charge in [-0.1, -0.05) is 36.4 Å². The van der Waals surface area contributed by atoms with Crippen molar-refractivity contribution in [1.29, 1.82) is 0 Å². The van der Waals surface area contributed by atoms with Gasteiger partial charge in [0.2, 0.25) is 0 Å². The average molecular weight is 463 g/mol. The number of anilines is 2. The number of benzene rings is 3. The molecule has 2 aliphatic carbocycles. The van der Waals surface area contributed by atoms with Crippen molar-refractivity contribution in [3.8, 4) is 0 Å². The van der Waals surface area contributed by atoms with Crippen LogP contribution in [-0.2, 0) is 6.18 Å². The highest BCUT2D eigenvalue weighted by Gasteiger charge is 2.53. The monoisotopic (exact) mass is 462 g/mol. The number of alkyl halides is 3. The van der Waals surface area contributed by atoms with E-state index in [4.69, 9.17) is 0 Å². The number of fused-ring (bicyclic) bond motifs is 7. The molecule has 3 aromatic carbocycles. The fourth-order valence-electron chi connectivity index (χ4n) is 6.59. The molecule has 3 aliphatic rings. The van der Waals surface area contributed by atoms with Crippen molar-refractivity contribution in [2.45, 2.75) is 37.4 Å². The number of hydrogen-bond acceptors (Lipinski definition) is 2. The Morgan fingerprint density at radius 2 is 1.71 bits per heavy atom. The summed E-state index contributed by atoms with van der Waals surface area (Å²) in [5, 5.41) is 6.40. The van der Waals surface area contributed by atoms with Crippen LogP contribution in [0.1, 0.15) is 58.3 Å². The van der Waals surface area contributed by atoms with Crippen molar-refractivity contribution in [2.75, 3.05) is 10.6 Å². The van der Waals surface area contributed by atoms with Gasteiger partial charge in [0, 0.05) is 16.9 Å². The number of amides is 1. The Morgan fingerprint density at radius 3 is 2.50 bits per heavy atom. The average Bonchev–Trinajstić information content (AvgIpc) is 3.46. The summed E-state index contributed by atoms with van der Waals surface area (Å²) in [7, 11) is 0. The summed E-state index contributed by atoms with van der Waals surface area (Å²) in [6, 6.07) is 21.2. The molecule has 0 unspecified atom stereocenters. The van der Waals surface area contributed by atoms with E-state index in [0.717, 1.165) is 17.8 Å². The molecule has 2 bridgehead atoms. The first-order valence-corrected chi connectivity index (χ1v) is 11.8. The van der Waals surface area contributed by atoms with Gasteiger partial charge < -0.3 is 10.6 Å². The Balaban J connectivity index is 1.31. The third-order valence-electron chi connectivity index (χ3n) is 7.96. The minimum absolute atomic E-state index is 0.137. The third-order valence-corrected chi connectivity index (χ3v) is 7.96. The van der Waals surface area contributed by atoms with Gasteiger partial charge in [0.25, 0.3) is 5.91 Å². The zero-order chi connectivity index (χ0) is 23.4. The van der Waals surface area contributed by atoms with Crippen LogP contribution in [0.25, 0.3) is 0 Å². The molecule has 6 rings (SSSR count). The van der Waals surface area contributed by atoms with E-state index in [9.17, 15) is 18.0 Å². The normalized spacial score (nSPS) is 27.0. The number of carbonyl (C=O) groups excluding carboxylic acids is 1. The highest BCUT2D eigenvalue weighted by atomic mass is 19.4. The molecule has 0 radical (unpaired) electrons. The number of hydrogen-bond donors (Lipinski definition) is 2. The van der Waals surface area contributed by atoms with Crippen LogP contribution in [-0.4, -0.2) is 5.91 Å². The van der Waals surface area contributed by atoms with Crippen molar-refractivity contribution in [3.05, 3.63) is 95.1 Å². The predicted molar refractivity (Wildman–Crippen MR) is 126 cm³/mol. The summed E-state index contributed by atoms with van der Waals surface area (Å²) in [4.78, 5) is 13.0. The van der Waals surface area contributed by atoms with Crippen molar-refractivity contribution in [3.63, 3.8) is 0 Å². The minimum Gasteiger partial charge on any atom is -0.378 e. The maximum atomic E-state index is 13.0. The second-order valence-corrected chi connectivity index (χ2v) is 9.80. The molecule has 3 nitrogen and oxygen atoms in total. The summed E-state index contributed by atoms with van der Waals surface area (Å²) >= 11 is 0. The smallest absolute Gasteiger partial charge is 0.378 e. The fraction of sp³-hybridized carbons (Fsp3) is 0.321. The van der Waals surface area contributed by atoms with Crippen molar-refractivity contribution in [2.24, 2.45) is 17.8 Å². The summed E-state index contributed by atoms with van der Waals surface area (Å²) in [5.74, 6) is 1.76. The molecule has 2 saturated carbocycles. The lowest BCUT2D eigenvalue weighted by atomic mass is 9.68. The summed E-state index contributed by atoms with van der Waals surface area (Å²) in [6.07, 6.45) is -0.764. The van der Waals surface area contributed by atoms with Crippen molar-refractivity contribution >= 4 is 17.3 Å². The molecule has 0 saturated heterocycles. The van der Waals surface area contributed by atoms with Crippen molar-refractivity contribution < 1.29 is 18.0 Å². The summed E-state index contributed by atoms with van der Waals surface area (Å²) < 4.78 is 39.1. The molecular weight excluding hydrogens is 437 g/mol. The number of halogens is 3. The maximum Gasteiger partial charge on any atom is 0.416 e. The molecule has 1 amide bonds. The summed E-state index contributed by atoms with van der Waals surface area (Å²) in [6.45, 7) is 0. The lowest BCUT2D eigenvalue weighted by molar-refractivity contribution is -0.137. The lowest BCUT2D eigenvalue weighted by Crippen LogP contribution is -2.35. The third kappa shape index (κ3) is 3.56. The Bertz CT molecular complexity index is 1240. The van der Waals surface area contributed by atoms with E-state index in [-0.39, 0.29) is 11.7 Å². The van der Waals surface area contributed by atoms with Gasteiger partial charge in [0.15, 0.2) is 0 Å². The Kier molecular flexibility index (Phi) is 4.94. The standard InChI is InChI=1S/C28H25F3N2O/c29-28(30,31)20-7-4-8-21(15-20)32-27(34)19-11-12-23-22(14-19)24-17-9-10-18(13-17)25(24)26(33-23)16-5-2-1-3-6-16/h1-8,11-12,14-15,17-18,24-26,33H,9-10,13H2,(H,32,34)/t17-,18-,24-,25-,26+/m0/s1. The fourth-order valence-corrected chi connectivity index (χ4v) is 6.59. The van der Waals surface area contributed by atoms with Gasteiger partial charge in [-0.3, -0.25) is 4.79 Å². The molecule has 3 aromatic rings. The molecule has 34 heavy (non-hydrogen) atoms. The Morgan fingerprint density at radius 1 is 0.912 bits per heavy atom. The zero-order valence-electron chi connectivity index (χ0n) is 18.5. The number of rotatable bonds is 3. The van der Waals surface area contributed by atoms with Crippen LogP contribution >= 0.6 is 0 Å². The molecule has 1 heterocycles. The van der Waals surface area contributed by atoms with Crippen molar-refractivity contribution in [1.82, 2.24) is 0 Å². The van der Waals surface area contributed by atoms with Gasteiger partial charge in [-0.05, 0) is 90.5 Å². The van der Waals surface area contributed by atoms with Gasteiger partial charge >= 0.3 is 6.18 Å². The molecule has 2 N–H and O–H groups in total. The highest BCUT2D eigenvalue weighted by molar-refractivity contribution is 6.04. The van der Waals surface area contributed by atoms with Crippen LogP contribution in [0.5, 0.6) is 0 Å². The van der Waals surface area contributed by atoms with Crippen LogP contribution in [0.2, 0.25) is 0 Å². The maximum absolute atomic E-state index is 13.0. The van der Waals surface area contributed by atoms with Gasteiger partial charge in [0.05, 0.1) is 11.6 Å². The number of nitrogens with one attached hydrogen (secondary N) is 2. The highest BCUT2D eigenvalue weighted by Crippen LogP contribution is 2.63. The Hall–Kier alpha value is -3.28. The van der Waals surface area contributed by atoms with Crippen LogP contribution < -0.4 is 10.6 Å².